The van der Waals surface area contributed by atoms with Gasteiger partial charge in [-0.25, -0.2) is 0 Å². The van der Waals surface area contributed by atoms with Gasteiger partial charge in [0.15, 0.2) is 0 Å². The molecule has 7 heteroatoms. The van der Waals surface area contributed by atoms with E-state index in [4.69, 9.17) is 9.84 Å². The van der Waals surface area contributed by atoms with E-state index in [9.17, 15) is 18.0 Å². The second-order valence-corrected chi connectivity index (χ2v) is 4.39. The second kappa shape index (κ2) is 6.60. The average molecular weight is 291 g/mol. The van der Waals surface area contributed by atoms with Gasteiger partial charge in [-0.2, -0.15) is 13.2 Å². The lowest BCUT2D eigenvalue weighted by molar-refractivity contribution is -0.139. The first-order valence-electron chi connectivity index (χ1n) is 5.99. The number of hydrogen-bond acceptors (Lipinski definition) is 3. The van der Waals surface area contributed by atoms with Crippen LogP contribution in [0.2, 0.25) is 0 Å². The Kier molecular flexibility index (Phi) is 5.38. The van der Waals surface area contributed by atoms with Gasteiger partial charge in [0.25, 0.3) is 0 Å². The summed E-state index contributed by atoms with van der Waals surface area (Å²) in [5.74, 6) is -0.900. The highest BCUT2D eigenvalue weighted by molar-refractivity contribution is 5.80. The molecule has 1 aromatic carbocycles. The summed E-state index contributed by atoms with van der Waals surface area (Å²) in [4.78, 5) is 11.2. The van der Waals surface area contributed by atoms with Crippen molar-refractivity contribution in [3.8, 4) is 5.75 Å². The first-order chi connectivity index (χ1) is 9.21. The molecule has 0 fully saturated rings. The average Bonchev–Trinajstić information content (AvgIpc) is 2.35. The van der Waals surface area contributed by atoms with Crippen molar-refractivity contribution in [2.45, 2.75) is 32.2 Å². The summed E-state index contributed by atoms with van der Waals surface area (Å²) in [7, 11) is 0. The molecule has 0 radical (unpaired) electrons. The highest BCUT2D eigenvalue weighted by Gasteiger charge is 2.34. The van der Waals surface area contributed by atoms with Crippen LogP contribution in [0.25, 0.3) is 0 Å². The van der Waals surface area contributed by atoms with Gasteiger partial charge in [-0.05, 0) is 26.0 Å². The molecule has 0 aliphatic carbocycles. The Bertz CT molecular complexity index is 460. The van der Waals surface area contributed by atoms with Crippen LogP contribution >= 0.6 is 0 Å². The Morgan fingerprint density at radius 3 is 2.50 bits per heavy atom. The van der Waals surface area contributed by atoms with Gasteiger partial charge in [0.2, 0.25) is 5.91 Å². The van der Waals surface area contributed by atoms with E-state index in [2.05, 4.69) is 5.32 Å². The van der Waals surface area contributed by atoms with E-state index in [0.29, 0.717) is 0 Å². The van der Waals surface area contributed by atoms with E-state index in [1.165, 1.54) is 25.1 Å². The number of benzene rings is 1. The number of nitrogens with one attached hydrogen (secondary N) is 1. The van der Waals surface area contributed by atoms with Crippen molar-refractivity contribution in [3.63, 3.8) is 0 Å². The largest absolute Gasteiger partial charge is 0.491 e. The van der Waals surface area contributed by atoms with Crippen LogP contribution in [0.4, 0.5) is 13.2 Å². The topological polar surface area (TPSA) is 58.6 Å². The lowest BCUT2D eigenvalue weighted by atomic mass is 10.2. The highest BCUT2D eigenvalue weighted by Crippen LogP contribution is 2.35. The number of para-hydroxylation sites is 1. The number of carbonyl (C=O) groups excluding carboxylic acids is 1. The maximum atomic E-state index is 12.7. The van der Waals surface area contributed by atoms with E-state index in [1.807, 2.05) is 0 Å². The summed E-state index contributed by atoms with van der Waals surface area (Å²) in [6, 6.07) is 4.32. The normalized spacial score (nSPS) is 14.5. The second-order valence-electron chi connectivity index (χ2n) is 4.39. The maximum absolute atomic E-state index is 12.7. The molecule has 2 unspecified atom stereocenters. The molecule has 0 aliphatic rings. The monoisotopic (exact) mass is 291 g/mol. The van der Waals surface area contributed by atoms with Crippen LogP contribution in [0.5, 0.6) is 5.75 Å². The van der Waals surface area contributed by atoms with Gasteiger partial charge in [-0.15, -0.1) is 0 Å². The smallest absolute Gasteiger partial charge is 0.419 e. The van der Waals surface area contributed by atoms with Crippen molar-refractivity contribution in [1.82, 2.24) is 5.32 Å². The minimum Gasteiger partial charge on any atom is -0.491 e. The molecule has 20 heavy (non-hydrogen) atoms. The fourth-order valence-corrected chi connectivity index (χ4v) is 1.45. The third-order valence-electron chi connectivity index (χ3n) is 2.45. The van der Waals surface area contributed by atoms with Crippen LogP contribution < -0.4 is 10.1 Å². The Morgan fingerprint density at radius 2 is 1.95 bits per heavy atom. The maximum Gasteiger partial charge on any atom is 0.419 e. The van der Waals surface area contributed by atoms with Crippen LogP contribution in [0.15, 0.2) is 24.3 Å². The third kappa shape index (κ3) is 4.73. The predicted molar refractivity (Wildman–Crippen MR) is 66.2 cm³/mol. The Hall–Kier alpha value is -1.76. The summed E-state index contributed by atoms with van der Waals surface area (Å²) in [6.07, 6.45) is -5.68. The zero-order valence-corrected chi connectivity index (χ0v) is 11.1. The van der Waals surface area contributed by atoms with Crippen molar-refractivity contribution in [1.29, 1.82) is 0 Å². The molecular weight excluding hydrogens is 275 g/mol. The minimum atomic E-state index is -4.50. The number of ether oxygens (including phenoxy) is 1. The number of aliphatic hydroxyl groups excluding tert-OH is 1. The molecule has 1 rings (SSSR count). The van der Waals surface area contributed by atoms with Crippen LogP contribution in [-0.4, -0.2) is 29.8 Å². The molecule has 0 saturated carbocycles. The molecule has 4 nitrogen and oxygen atoms in total. The number of carbonyl (C=O) groups is 1. The van der Waals surface area contributed by atoms with Gasteiger partial charge in [0.05, 0.1) is 11.6 Å². The fraction of sp³-hybridized carbons (Fsp3) is 0.462. The summed E-state index contributed by atoms with van der Waals surface area (Å²) in [6.45, 7) is 2.73. The zero-order chi connectivity index (χ0) is 15.3. The first-order valence-corrected chi connectivity index (χ1v) is 5.99. The molecule has 0 aromatic heterocycles. The van der Waals surface area contributed by atoms with Crippen molar-refractivity contribution in [3.05, 3.63) is 29.8 Å². The van der Waals surface area contributed by atoms with Crippen molar-refractivity contribution in [2.24, 2.45) is 0 Å². The molecule has 0 saturated heterocycles. The number of amides is 1. The van der Waals surface area contributed by atoms with Gasteiger partial charge in [-0.1, -0.05) is 12.1 Å². The molecule has 0 aliphatic heterocycles. The molecule has 1 amide bonds. The number of hydrogen-bond donors (Lipinski definition) is 2. The van der Waals surface area contributed by atoms with Crippen molar-refractivity contribution < 1.29 is 27.8 Å². The summed E-state index contributed by atoms with van der Waals surface area (Å²) in [5.41, 5.74) is -0.867. The van der Waals surface area contributed by atoms with E-state index >= 15 is 0 Å². The highest BCUT2D eigenvalue weighted by atomic mass is 19.4. The number of aliphatic hydroxyl groups is 1. The number of alkyl halides is 3. The third-order valence-corrected chi connectivity index (χ3v) is 2.45. The minimum absolute atomic E-state index is 0.133. The standard InChI is InChI=1S/C13H16F3NO3/c1-8(17-12(19)9(2)18)7-20-11-6-4-3-5-10(11)13(14,15)16/h3-6,8-9,18H,7H2,1-2H3,(H,17,19). The van der Waals surface area contributed by atoms with E-state index in [1.54, 1.807) is 6.92 Å². The van der Waals surface area contributed by atoms with E-state index in [-0.39, 0.29) is 12.4 Å². The van der Waals surface area contributed by atoms with Crippen LogP contribution in [0.1, 0.15) is 19.4 Å². The Labute approximate surface area is 114 Å². The summed E-state index contributed by atoms with van der Waals surface area (Å²) < 4.78 is 43.2. The van der Waals surface area contributed by atoms with Gasteiger partial charge in [-0.3, -0.25) is 4.79 Å². The van der Waals surface area contributed by atoms with E-state index < -0.39 is 29.8 Å². The van der Waals surface area contributed by atoms with Crippen LogP contribution in [-0.2, 0) is 11.0 Å². The summed E-state index contributed by atoms with van der Waals surface area (Å²) in [5, 5.41) is 11.4. The molecule has 112 valence electrons. The molecule has 0 heterocycles. The molecule has 2 atom stereocenters. The number of rotatable bonds is 5. The quantitative estimate of drug-likeness (QED) is 0.872. The van der Waals surface area contributed by atoms with Crippen LogP contribution in [0, 0.1) is 0 Å². The van der Waals surface area contributed by atoms with Gasteiger partial charge in [0, 0.05) is 0 Å². The molecule has 2 N–H and O–H groups in total. The summed E-state index contributed by atoms with van der Waals surface area (Å²) >= 11 is 0. The fourth-order valence-electron chi connectivity index (χ4n) is 1.45. The van der Waals surface area contributed by atoms with Crippen LogP contribution in [0.3, 0.4) is 0 Å². The molecule has 0 bridgehead atoms. The zero-order valence-electron chi connectivity index (χ0n) is 11.1. The Balaban J connectivity index is 2.64. The van der Waals surface area contributed by atoms with Crippen molar-refractivity contribution in [2.75, 3.05) is 6.61 Å². The molecule has 1 aromatic rings. The predicted octanol–water partition coefficient (Wildman–Crippen LogP) is 1.97. The van der Waals surface area contributed by atoms with Gasteiger partial charge < -0.3 is 15.2 Å². The van der Waals surface area contributed by atoms with E-state index in [0.717, 1.165) is 6.07 Å². The first kappa shape index (κ1) is 16.3. The number of halogens is 3. The van der Waals surface area contributed by atoms with Crippen molar-refractivity contribution >= 4 is 5.91 Å². The lowest BCUT2D eigenvalue weighted by Gasteiger charge is -2.18. The Morgan fingerprint density at radius 1 is 1.35 bits per heavy atom. The molecule has 0 spiro atoms. The van der Waals surface area contributed by atoms with Gasteiger partial charge >= 0.3 is 6.18 Å². The molecular formula is C13H16F3NO3. The van der Waals surface area contributed by atoms with Gasteiger partial charge in [0.1, 0.15) is 18.5 Å². The SMILES string of the molecule is CC(COc1ccccc1C(F)(F)F)NC(=O)C(C)O. The lowest BCUT2D eigenvalue weighted by Crippen LogP contribution is -2.41.